The Bertz CT molecular complexity index is 879. The minimum absolute atomic E-state index is 0.644. The minimum atomic E-state index is 0.644. The summed E-state index contributed by atoms with van der Waals surface area (Å²) in [5, 5.41) is 4.64. The molecule has 1 saturated carbocycles. The Balaban J connectivity index is 1.59. The van der Waals surface area contributed by atoms with Gasteiger partial charge in [0.2, 0.25) is 4.77 Å². The van der Waals surface area contributed by atoms with Gasteiger partial charge in [0.15, 0.2) is 5.65 Å². The zero-order valence-corrected chi connectivity index (χ0v) is 15.0. The zero-order chi connectivity index (χ0) is 15.8. The fourth-order valence-electron chi connectivity index (χ4n) is 2.79. The second-order valence-electron chi connectivity index (χ2n) is 5.96. The molecule has 1 aromatic carbocycles. The monoisotopic (exact) mass is 388 g/mol. The summed E-state index contributed by atoms with van der Waals surface area (Å²) in [7, 11) is 0. The smallest absolute Gasteiger partial charge is 0.203 e. The molecule has 4 rings (SSSR count). The number of pyridine rings is 1. The van der Waals surface area contributed by atoms with Crippen LogP contribution < -0.4 is 0 Å². The molecular formula is C17H17BrN4S. The van der Waals surface area contributed by atoms with Crippen molar-refractivity contribution in [3.05, 3.63) is 63.5 Å². The van der Waals surface area contributed by atoms with Gasteiger partial charge in [-0.15, -0.1) is 0 Å². The fraction of sp³-hybridized carbons (Fsp3) is 0.294. The number of halogens is 1. The van der Waals surface area contributed by atoms with E-state index < -0.39 is 0 Å². The highest BCUT2D eigenvalue weighted by atomic mass is 79.9. The molecule has 0 atom stereocenters. The molecule has 1 aliphatic carbocycles. The van der Waals surface area contributed by atoms with E-state index in [1.165, 1.54) is 18.4 Å². The van der Waals surface area contributed by atoms with E-state index in [4.69, 9.17) is 12.2 Å². The van der Waals surface area contributed by atoms with Crippen LogP contribution in [-0.4, -0.2) is 25.1 Å². The first-order chi connectivity index (χ1) is 11.2. The van der Waals surface area contributed by atoms with Crippen molar-refractivity contribution in [2.45, 2.75) is 32.1 Å². The first kappa shape index (κ1) is 15.1. The highest BCUT2D eigenvalue weighted by Gasteiger charge is 2.29. The molecule has 0 radical (unpaired) electrons. The maximum absolute atomic E-state index is 5.56. The molecule has 0 spiro atoms. The van der Waals surface area contributed by atoms with Crippen LogP contribution in [0.3, 0.4) is 0 Å². The predicted molar refractivity (Wildman–Crippen MR) is 96.7 cm³/mol. The van der Waals surface area contributed by atoms with Crippen LogP contribution in [0.25, 0.3) is 5.65 Å². The number of hydrogen-bond donors (Lipinski definition) is 0. The van der Waals surface area contributed by atoms with Crippen molar-refractivity contribution in [1.82, 2.24) is 19.1 Å². The normalized spacial score (nSPS) is 14.7. The molecule has 0 aliphatic heterocycles. The van der Waals surface area contributed by atoms with Crippen molar-refractivity contribution in [2.24, 2.45) is 0 Å². The lowest BCUT2D eigenvalue weighted by Gasteiger charge is -2.21. The second kappa shape index (κ2) is 6.19. The molecule has 0 bridgehead atoms. The van der Waals surface area contributed by atoms with E-state index >= 15 is 0 Å². The number of aromatic nitrogens is 3. The third-order valence-corrected chi connectivity index (χ3v) is 5.10. The molecule has 1 aliphatic rings. The molecule has 3 aromatic rings. The van der Waals surface area contributed by atoms with E-state index in [0.29, 0.717) is 6.04 Å². The minimum Gasteiger partial charge on any atom is -0.277 e. The Kier molecular flexibility index (Phi) is 4.05. The van der Waals surface area contributed by atoms with Gasteiger partial charge in [0.05, 0.1) is 6.67 Å². The molecule has 0 unspecified atom stereocenters. The lowest BCUT2D eigenvalue weighted by Crippen LogP contribution is -2.28. The van der Waals surface area contributed by atoms with Crippen molar-refractivity contribution in [1.29, 1.82) is 0 Å². The molecule has 23 heavy (non-hydrogen) atoms. The van der Waals surface area contributed by atoms with Gasteiger partial charge >= 0.3 is 0 Å². The second-order valence-corrected chi connectivity index (χ2v) is 7.24. The van der Waals surface area contributed by atoms with E-state index in [9.17, 15) is 0 Å². The number of fused-ring (bicyclic) bond motifs is 1. The Hall–Kier alpha value is -1.50. The summed E-state index contributed by atoms with van der Waals surface area (Å²) in [4.78, 5) is 2.46. The summed E-state index contributed by atoms with van der Waals surface area (Å²) in [6.45, 7) is 1.66. The van der Waals surface area contributed by atoms with Crippen LogP contribution in [0.5, 0.6) is 0 Å². The van der Waals surface area contributed by atoms with Crippen LogP contribution in [0.4, 0.5) is 0 Å². The van der Waals surface area contributed by atoms with E-state index in [2.05, 4.69) is 50.2 Å². The van der Waals surface area contributed by atoms with Gasteiger partial charge in [0, 0.05) is 23.3 Å². The van der Waals surface area contributed by atoms with Crippen LogP contribution >= 0.6 is 28.1 Å². The summed E-state index contributed by atoms with van der Waals surface area (Å²) >= 11 is 9.06. The van der Waals surface area contributed by atoms with Gasteiger partial charge in [-0.1, -0.05) is 34.1 Å². The van der Waals surface area contributed by atoms with Gasteiger partial charge in [-0.05, 0) is 54.9 Å². The lowest BCUT2D eigenvalue weighted by molar-refractivity contribution is 0.187. The lowest BCUT2D eigenvalue weighted by atomic mass is 10.2. The first-order valence-electron chi connectivity index (χ1n) is 7.73. The molecule has 0 N–H and O–H groups in total. The van der Waals surface area contributed by atoms with Crippen LogP contribution in [0.15, 0.2) is 53.1 Å². The predicted octanol–water partition coefficient (Wildman–Crippen LogP) is 4.25. The van der Waals surface area contributed by atoms with E-state index in [-0.39, 0.29) is 0 Å². The maximum Gasteiger partial charge on any atom is 0.203 e. The highest BCUT2D eigenvalue weighted by Crippen LogP contribution is 2.29. The van der Waals surface area contributed by atoms with Gasteiger partial charge in [0.1, 0.15) is 0 Å². The summed E-state index contributed by atoms with van der Waals surface area (Å²) in [6.07, 6.45) is 4.49. The van der Waals surface area contributed by atoms with Gasteiger partial charge in [-0.3, -0.25) is 9.30 Å². The maximum atomic E-state index is 5.56. The van der Waals surface area contributed by atoms with Crippen LogP contribution in [-0.2, 0) is 13.2 Å². The van der Waals surface area contributed by atoms with Crippen molar-refractivity contribution in [3.63, 3.8) is 0 Å². The van der Waals surface area contributed by atoms with Gasteiger partial charge in [0.25, 0.3) is 0 Å². The summed E-state index contributed by atoms with van der Waals surface area (Å²) in [6, 6.07) is 15.1. The van der Waals surface area contributed by atoms with Crippen molar-refractivity contribution in [2.75, 3.05) is 0 Å². The zero-order valence-electron chi connectivity index (χ0n) is 12.6. The molecule has 6 heteroatoms. The fourth-order valence-corrected chi connectivity index (χ4v) is 3.31. The number of nitrogens with zero attached hydrogens (tertiary/aromatic N) is 4. The number of benzene rings is 1. The Morgan fingerprint density at radius 2 is 1.96 bits per heavy atom. The van der Waals surface area contributed by atoms with E-state index in [1.807, 2.05) is 33.5 Å². The third kappa shape index (κ3) is 3.24. The largest absolute Gasteiger partial charge is 0.277 e. The van der Waals surface area contributed by atoms with Gasteiger partial charge in [-0.25, -0.2) is 4.68 Å². The average molecular weight is 389 g/mol. The van der Waals surface area contributed by atoms with Crippen molar-refractivity contribution < 1.29 is 0 Å². The Morgan fingerprint density at radius 1 is 1.17 bits per heavy atom. The van der Waals surface area contributed by atoms with Crippen molar-refractivity contribution >= 4 is 33.8 Å². The van der Waals surface area contributed by atoms with Crippen LogP contribution in [0.2, 0.25) is 0 Å². The molecule has 4 nitrogen and oxygen atoms in total. The summed E-state index contributed by atoms with van der Waals surface area (Å²) in [5.74, 6) is 0. The van der Waals surface area contributed by atoms with Gasteiger partial charge < -0.3 is 0 Å². The topological polar surface area (TPSA) is 25.5 Å². The quantitative estimate of drug-likeness (QED) is 0.610. The summed E-state index contributed by atoms with van der Waals surface area (Å²) < 4.78 is 5.76. The Labute approximate surface area is 148 Å². The van der Waals surface area contributed by atoms with Crippen LogP contribution in [0.1, 0.15) is 18.4 Å². The Morgan fingerprint density at radius 3 is 2.65 bits per heavy atom. The molecule has 118 valence electrons. The highest BCUT2D eigenvalue weighted by molar-refractivity contribution is 9.10. The first-order valence-corrected chi connectivity index (χ1v) is 8.93. The number of hydrogen-bond acceptors (Lipinski definition) is 3. The molecule has 0 saturated heterocycles. The number of rotatable bonds is 5. The van der Waals surface area contributed by atoms with E-state index in [0.717, 1.165) is 28.1 Å². The average Bonchev–Trinajstić information content (AvgIpc) is 3.36. The third-order valence-electron chi connectivity index (χ3n) is 4.17. The standard InChI is InChI=1S/C17H17BrN4S/c18-14-6-4-13(5-7-14)11-20(15-8-9-15)12-22-17(23)21-10-2-1-3-16(21)19-22/h1-7,10,15H,8-9,11-12H2. The summed E-state index contributed by atoms with van der Waals surface area (Å²) in [5.41, 5.74) is 2.22. The molecule has 1 fully saturated rings. The molecule has 2 heterocycles. The SMILES string of the molecule is S=c1n(CN(Cc2ccc(Br)cc2)C2CC2)nc2ccccn12. The van der Waals surface area contributed by atoms with Crippen LogP contribution in [0, 0.1) is 4.77 Å². The van der Waals surface area contributed by atoms with E-state index in [1.54, 1.807) is 0 Å². The molecule has 0 amide bonds. The molecular weight excluding hydrogens is 372 g/mol. The van der Waals surface area contributed by atoms with Crippen molar-refractivity contribution in [3.8, 4) is 0 Å². The molecule has 2 aromatic heterocycles. The van der Waals surface area contributed by atoms with Gasteiger partial charge in [-0.2, -0.15) is 5.10 Å².